The van der Waals surface area contributed by atoms with Crippen LogP contribution in [0.25, 0.3) is 0 Å². The molecule has 2 rings (SSSR count). The average molecular weight is 206 g/mol. The fourth-order valence-electron chi connectivity index (χ4n) is 1.26. The van der Waals surface area contributed by atoms with E-state index in [0.29, 0.717) is 10.6 Å². The molecule has 1 aliphatic rings. The molecule has 0 saturated heterocycles. The van der Waals surface area contributed by atoms with Gasteiger partial charge < -0.3 is 0 Å². The summed E-state index contributed by atoms with van der Waals surface area (Å²) >= 11 is 1.28. The SMILES string of the molecule is Cc1cc2c(c([N+](=O)[O-])c1)SC=C=N2. The Labute approximate surface area is 84.5 Å². The molecule has 1 aliphatic heterocycles. The molecular formula is C9H6N2O2S. The first-order chi connectivity index (χ1) is 6.68. The van der Waals surface area contributed by atoms with E-state index in [1.54, 1.807) is 11.5 Å². The summed E-state index contributed by atoms with van der Waals surface area (Å²) in [6, 6.07) is 3.37. The standard InChI is InChI=1S/C9H6N2O2S/c1-6-4-7-9(14-3-2-10-7)8(5-6)11(12)13/h3-5H,1H3. The number of hydrogen-bond donors (Lipinski definition) is 0. The molecule has 0 atom stereocenters. The topological polar surface area (TPSA) is 55.5 Å². The van der Waals surface area contributed by atoms with Crippen molar-refractivity contribution in [3.63, 3.8) is 0 Å². The van der Waals surface area contributed by atoms with Crippen molar-refractivity contribution in [3.05, 3.63) is 33.2 Å². The number of nitro groups is 1. The lowest BCUT2D eigenvalue weighted by molar-refractivity contribution is -0.387. The van der Waals surface area contributed by atoms with Crippen LogP contribution in [0.15, 0.2) is 27.4 Å². The summed E-state index contributed by atoms with van der Waals surface area (Å²) in [5, 5.41) is 12.4. The molecule has 5 heteroatoms. The molecule has 4 nitrogen and oxygen atoms in total. The molecule has 0 amide bonds. The van der Waals surface area contributed by atoms with E-state index in [2.05, 4.69) is 10.9 Å². The van der Waals surface area contributed by atoms with Crippen LogP contribution in [0.1, 0.15) is 5.56 Å². The first-order valence-corrected chi connectivity index (χ1v) is 4.80. The van der Waals surface area contributed by atoms with E-state index < -0.39 is 0 Å². The number of nitro benzene ring substituents is 1. The van der Waals surface area contributed by atoms with Crippen molar-refractivity contribution in [2.45, 2.75) is 11.8 Å². The van der Waals surface area contributed by atoms with E-state index in [1.165, 1.54) is 11.8 Å². The van der Waals surface area contributed by atoms with E-state index in [4.69, 9.17) is 0 Å². The number of aliphatic imine (C=N–C) groups is 1. The first-order valence-electron chi connectivity index (χ1n) is 3.92. The number of aryl methyl sites for hydroxylation is 1. The van der Waals surface area contributed by atoms with Crippen LogP contribution in [0.5, 0.6) is 0 Å². The minimum Gasteiger partial charge on any atom is -0.258 e. The van der Waals surface area contributed by atoms with Gasteiger partial charge in [0.1, 0.15) is 4.90 Å². The fourth-order valence-corrected chi connectivity index (χ4v) is 1.96. The molecule has 0 radical (unpaired) electrons. The van der Waals surface area contributed by atoms with E-state index in [9.17, 15) is 10.1 Å². The Balaban J connectivity index is 2.69. The molecule has 14 heavy (non-hydrogen) atoms. The first kappa shape index (κ1) is 8.99. The van der Waals surface area contributed by atoms with Crippen molar-refractivity contribution < 1.29 is 4.92 Å². The zero-order valence-corrected chi connectivity index (χ0v) is 8.17. The molecule has 70 valence electrons. The number of benzene rings is 1. The number of nitrogens with zero attached hydrogens (tertiary/aromatic N) is 2. The van der Waals surface area contributed by atoms with E-state index in [0.717, 1.165) is 5.56 Å². The van der Waals surface area contributed by atoms with Gasteiger partial charge in [-0.25, -0.2) is 4.99 Å². The molecule has 1 aromatic rings. The Morgan fingerprint density at radius 3 is 3.07 bits per heavy atom. The molecule has 1 aromatic carbocycles. The van der Waals surface area contributed by atoms with Crippen LogP contribution in [0, 0.1) is 17.0 Å². The molecule has 0 unspecified atom stereocenters. The van der Waals surface area contributed by atoms with Gasteiger partial charge in [0.15, 0.2) is 0 Å². The van der Waals surface area contributed by atoms with Crippen LogP contribution in [-0.2, 0) is 0 Å². The van der Waals surface area contributed by atoms with Gasteiger partial charge >= 0.3 is 0 Å². The van der Waals surface area contributed by atoms with Crippen molar-refractivity contribution >= 4 is 29.0 Å². The Morgan fingerprint density at radius 1 is 1.57 bits per heavy atom. The number of fused-ring (bicyclic) bond motifs is 1. The van der Waals surface area contributed by atoms with Crippen LogP contribution in [0.3, 0.4) is 0 Å². The van der Waals surface area contributed by atoms with Crippen molar-refractivity contribution in [1.29, 1.82) is 0 Å². The van der Waals surface area contributed by atoms with Gasteiger partial charge in [-0.2, -0.15) is 0 Å². The van der Waals surface area contributed by atoms with Gasteiger partial charge in [0.05, 0.1) is 10.6 Å². The zero-order valence-electron chi connectivity index (χ0n) is 7.35. The van der Waals surface area contributed by atoms with Crippen molar-refractivity contribution in [2.75, 3.05) is 0 Å². The van der Waals surface area contributed by atoms with Gasteiger partial charge in [0, 0.05) is 11.5 Å². The molecule has 0 saturated carbocycles. The predicted octanol–water partition coefficient (Wildman–Crippen LogP) is 2.82. The highest BCUT2D eigenvalue weighted by Gasteiger charge is 2.19. The quantitative estimate of drug-likeness (QED) is 0.524. The van der Waals surface area contributed by atoms with Gasteiger partial charge in [-0.1, -0.05) is 11.8 Å². The van der Waals surface area contributed by atoms with Crippen molar-refractivity contribution in [3.8, 4) is 0 Å². The molecule has 0 N–H and O–H groups in total. The third-order valence-electron chi connectivity index (χ3n) is 1.81. The second-order valence-electron chi connectivity index (χ2n) is 2.87. The van der Waals surface area contributed by atoms with Gasteiger partial charge in [0.2, 0.25) is 0 Å². The van der Waals surface area contributed by atoms with Crippen LogP contribution in [0.2, 0.25) is 0 Å². The highest BCUT2D eigenvalue weighted by molar-refractivity contribution is 8.02. The maximum Gasteiger partial charge on any atom is 0.285 e. The summed E-state index contributed by atoms with van der Waals surface area (Å²) in [6.45, 7) is 1.81. The summed E-state index contributed by atoms with van der Waals surface area (Å²) in [4.78, 5) is 14.9. The minimum absolute atomic E-state index is 0.117. The second kappa shape index (κ2) is 3.29. The summed E-state index contributed by atoms with van der Waals surface area (Å²) in [5.74, 6) is 2.67. The Morgan fingerprint density at radius 2 is 2.36 bits per heavy atom. The molecule has 0 aliphatic carbocycles. The lowest BCUT2D eigenvalue weighted by atomic mass is 10.2. The normalized spacial score (nSPS) is 12.6. The van der Waals surface area contributed by atoms with Gasteiger partial charge in [-0.3, -0.25) is 10.1 Å². The number of rotatable bonds is 1. The predicted molar refractivity (Wildman–Crippen MR) is 55.4 cm³/mol. The van der Waals surface area contributed by atoms with E-state index >= 15 is 0 Å². The highest BCUT2D eigenvalue weighted by atomic mass is 32.2. The highest BCUT2D eigenvalue weighted by Crippen LogP contribution is 2.40. The maximum atomic E-state index is 10.7. The maximum absolute atomic E-state index is 10.7. The van der Waals surface area contributed by atoms with Gasteiger partial charge in [-0.15, -0.1) is 0 Å². The average Bonchev–Trinajstić information content (AvgIpc) is 2.16. The van der Waals surface area contributed by atoms with Crippen LogP contribution in [-0.4, -0.2) is 10.8 Å². The van der Waals surface area contributed by atoms with Crippen LogP contribution < -0.4 is 0 Å². The summed E-state index contributed by atoms with van der Waals surface area (Å²) in [7, 11) is 0. The zero-order chi connectivity index (χ0) is 10.1. The minimum atomic E-state index is -0.381. The van der Waals surface area contributed by atoms with Crippen molar-refractivity contribution in [2.24, 2.45) is 4.99 Å². The molecule has 1 heterocycles. The molecule has 0 fully saturated rings. The Bertz CT molecular complexity index is 476. The smallest absolute Gasteiger partial charge is 0.258 e. The number of thioether (sulfide) groups is 1. The fraction of sp³-hybridized carbons (Fsp3) is 0.111. The Kier molecular flexibility index (Phi) is 2.11. The third-order valence-corrected chi connectivity index (χ3v) is 2.68. The molecular weight excluding hydrogens is 200 g/mol. The van der Waals surface area contributed by atoms with E-state index in [-0.39, 0.29) is 10.6 Å². The van der Waals surface area contributed by atoms with Gasteiger partial charge in [0.25, 0.3) is 5.69 Å². The molecule has 0 bridgehead atoms. The van der Waals surface area contributed by atoms with Crippen LogP contribution >= 0.6 is 11.8 Å². The summed E-state index contributed by atoms with van der Waals surface area (Å²) < 4.78 is 0. The lowest BCUT2D eigenvalue weighted by Crippen LogP contribution is -1.92. The molecule has 0 spiro atoms. The monoisotopic (exact) mass is 206 g/mol. The molecule has 0 aromatic heterocycles. The van der Waals surface area contributed by atoms with E-state index in [1.807, 2.05) is 13.0 Å². The Hall–Kier alpha value is -1.58. The third kappa shape index (κ3) is 1.43. The number of hydrogen-bond acceptors (Lipinski definition) is 4. The van der Waals surface area contributed by atoms with Crippen LogP contribution in [0.4, 0.5) is 11.4 Å². The largest absolute Gasteiger partial charge is 0.285 e. The lowest BCUT2D eigenvalue weighted by Gasteiger charge is -2.06. The van der Waals surface area contributed by atoms with Crippen molar-refractivity contribution in [1.82, 2.24) is 0 Å². The second-order valence-corrected chi connectivity index (χ2v) is 3.75. The van der Waals surface area contributed by atoms with Gasteiger partial charge in [-0.05, 0) is 24.4 Å². The summed E-state index contributed by atoms with van der Waals surface area (Å²) in [5.41, 5.74) is 1.58. The summed E-state index contributed by atoms with van der Waals surface area (Å²) in [6.07, 6.45) is 0.